The molecule has 3 aromatic rings. The molecule has 1 heterocycles. The first kappa shape index (κ1) is 15.9. The molecular formula is C17H17N5OS. The third-order valence-electron chi connectivity index (χ3n) is 3.51. The van der Waals surface area contributed by atoms with Gasteiger partial charge >= 0.3 is 0 Å². The second-order valence-electron chi connectivity index (χ2n) is 5.44. The second-order valence-corrected chi connectivity index (χ2v) is 5.83. The van der Waals surface area contributed by atoms with Crippen LogP contribution in [0.15, 0.2) is 53.6 Å². The maximum atomic E-state index is 9.32. The van der Waals surface area contributed by atoms with Gasteiger partial charge in [0.25, 0.3) is 0 Å². The molecule has 2 N–H and O–H groups in total. The number of phenolic OH excluding ortho intramolecular Hbond substituents is 1. The lowest BCUT2D eigenvalue weighted by Gasteiger charge is -2.12. The van der Waals surface area contributed by atoms with Crippen LogP contribution in [0.2, 0.25) is 0 Å². The van der Waals surface area contributed by atoms with Crippen LogP contribution in [0.4, 0.5) is 5.69 Å². The topological polar surface area (TPSA) is 69.4 Å². The number of anilines is 1. The van der Waals surface area contributed by atoms with Crippen LogP contribution in [-0.2, 0) is 0 Å². The standard InChI is InChI=1S/C17H17N5OS/c1-21(2)14-7-5-13(6-8-14)16-19-20-17(24)22(16)18-11-12-3-9-15(23)10-4-12/h3-11,23H,1-2H3,(H,20,24). The van der Waals surface area contributed by atoms with Crippen molar-refractivity contribution in [3.8, 4) is 17.1 Å². The highest BCUT2D eigenvalue weighted by Gasteiger charge is 2.08. The summed E-state index contributed by atoms with van der Waals surface area (Å²) in [6, 6.07) is 14.7. The molecule has 0 saturated carbocycles. The zero-order valence-electron chi connectivity index (χ0n) is 13.3. The van der Waals surface area contributed by atoms with Crippen molar-refractivity contribution in [2.45, 2.75) is 0 Å². The summed E-state index contributed by atoms with van der Waals surface area (Å²) in [6.07, 6.45) is 1.67. The van der Waals surface area contributed by atoms with E-state index in [1.807, 2.05) is 43.3 Å². The van der Waals surface area contributed by atoms with Crippen molar-refractivity contribution >= 4 is 24.1 Å². The number of H-pyrrole nitrogens is 1. The van der Waals surface area contributed by atoms with Gasteiger partial charge in [-0.1, -0.05) is 0 Å². The Kier molecular flexibility index (Phi) is 4.43. The maximum Gasteiger partial charge on any atom is 0.216 e. The van der Waals surface area contributed by atoms with E-state index in [1.54, 1.807) is 35.2 Å². The van der Waals surface area contributed by atoms with Gasteiger partial charge in [0.05, 0.1) is 6.21 Å². The fourth-order valence-corrected chi connectivity index (χ4v) is 2.36. The van der Waals surface area contributed by atoms with Crippen molar-refractivity contribution in [3.63, 3.8) is 0 Å². The molecule has 3 rings (SSSR count). The van der Waals surface area contributed by atoms with Crippen molar-refractivity contribution in [3.05, 3.63) is 58.9 Å². The van der Waals surface area contributed by atoms with Crippen molar-refractivity contribution < 1.29 is 5.11 Å². The van der Waals surface area contributed by atoms with Crippen LogP contribution in [0.25, 0.3) is 11.4 Å². The van der Waals surface area contributed by atoms with E-state index < -0.39 is 0 Å². The summed E-state index contributed by atoms with van der Waals surface area (Å²) in [4.78, 5) is 2.03. The van der Waals surface area contributed by atoms with E-state index in [4.69, 9.17) is 12.2 Å². The summed E-state index contributed by atoms with van der Waals surface area (Å²) in [5, 5.41) is 20.8. The van der Waals surface area contributed by atoms with Gasteiger partial charge in [0.1, 0.15) is 5.75 Å². The van der Waals surface area contributed by atoms with Crippen molar-refractivity contribution in [1.29, 1.82) is 0 Å². The van der Waals surface area contributed by atoms with Gasteiger partial charge < -0.3 is 10.0 Å². The van der Waals surface area contributed by atoms with Crippen LogP contribution in [-0.4, -0.2) is 40.3 Å². The Morgan fingerprint density at radius 1 is 1.12 bits per heavy atom. The van der Waals surface area contributed by atoms with Crippen LogP contribution in [0.5, 0.6) is 5.75 Å². The predicted molar refractivity (Wildman–Crippen MR) is 98.3 cm³/mol. The molecule has 7 heteroatoms. The normalized spacial score (nSPS) is 11.1. The third-order valence-corrected chi connectivity index (χ3v) is 3.77. The highest BCUT2D eigenvalue weighted by atomic mass is 32.1. The minimum atomic E-state index is 0.216. The highest BCUT2D eigenvalue weighted by molar-refractivity contribution is 7.71. The monoisotopic (exact) mass is 339 g/mol. The summed E-state index contributed by atoms with van der Waals surface area (Å²) in [5.41, 5.74) is 2.87. The molecule has 0 spiro atoms. The largest absolute Gasteiger partial charge is 0.508 e. The number of aromatic hydroxyl groups is 1. The number of hydrogen-bond acceptors (Lipinski definition) is 5. The minimum Gasteiger partial charge on any atom is -0.508 e. The van der Waals surface area contributed by atoms with Crippen LogP contribution < -0.4 is 4.90 Å². The molecule has 0 unspecified atom stereocenters. The lowest BCUT2D eigenvalue weighted by atomic mass is 10.2. The molecule has 0 aliphatic heterocycles. The Hall–Kier alpha value is -2.93. The second kappa shape index (κ2) is 6.67. The number of benzene rings is 2. The number of hydrogen-bond donors (Lipinski definition) is 2. The molecule has 0 radical (unpaired) electrons. The van der Waals surface area contributed by atoms with Gasteiger partial charge in [-0.3, -0.25) is 0 Å². The lowest BCUT2D eigenvalue weighted by Crippen LogP contribution is -2.08. The molecule has 0 atom stereocenters. The summed E-state index contributed by atoms with van der Waals surface area (Å²) in [7, 11) is 3.99. The van der Waals surface area contributed by atoms with E-state index in [1.165, 1.54) is 0 Å². The fourth-order valence-electron chi connectivity index (χ4n) is 2.18. The predicted octanol–water partition coefficient (Wildman–Crippen LogP) is 3.26. The minimum absolute atomic E-state index is 0.216. The molecule has 1 aromatic heterocycles. The molecule has 0 amide bonds. The first-order chi connectivity index (χ1) is 11.5. The molecule has 0 aliphatic rings. The maximum absolute atomic E-state index is 9.32. The summed E-state index contributed by atoms with van der Waals surface area (Å²) in [6.45, 7) is 0. The zero-order chi connectivity index (χ0) is 17.1. The van der Waals surface area contributed by atoms with Crippen molar-refractivity contribution in [2.24, 2.45) is 5.10 Å². The molecular weight excluding hydrogens is 322 g/mol. The smallest absolute Gasteiger partial charge is 0.216 e. The van der Waals surface area contributed by atoms with Gasteiger partial charge in [-0.15, -0.1) is 0 Å². The van der Waals surface area contributed by atoms with E-state index in [-0.39, 0.29) is 5.75 Å². The molecule has 2 aromatic carbocycles. The fraction of sp³-hybridized carbons (Fsp3) is 0.118. The van der Waals surface area contributed by atoms with E-state index in [0.717, 1.165) is 16.8 Å². The molecule has 0 saturated heterocycles. The molecule has 6 nitrogen and oxygen atoms in total. The number of phenols is 1. The van der Waals surface area contributed by atoms with Crippen LogP contribution in [0.1, 0.15) is 5.56 Å². The number of nitrogens with zero attached hydrogens (tertiary/aromatic N) is 4. The molecule has 122 valence electrons. The summed E-state index contributed by atoms with van der Waals surface area (Å²) >= 11 is 5.26. The van der Waals surface area contributed by atoms with Crippen LogP contribution in [0.3, 0.4) is 0 Å². The molecule has 0 fully saturated rings. The molecule has 0 aliphatic carbocycles. The quantitative estimate of drug-likeness (QED) is 0.565. The first-order valence-electron chi connectivity index (χ1n) is 7.33. The Labute approximate surface area is 144 Å². The van der Waals surface area contributed by atoms with Gasteiger partial charge in [0.2, 0.25) is 4.77 Å². The summed E-state index contributed by atoms with van der Waals surface area (Å²) in [5.74, 6) is 0.856. The van der Waals surface area contributed by atoms with Crippen LogP contribution in [0, 0.1) is 4.77 Å². The average Bonchev–Trinajstić information content (AvgIpc) is 2.95. The highest BCUT2D eigenvalue weighted by Crippen LogP contribution is 2.21. The third kappa shape index (κ3) is 3.36. The zero-order valence-corrected chi connectivity index (χ0v) is 14.2. The van der Waals surface area contributed by atoms with E-state index in [9.17, 15) is 5.11 Å². The van der Waals surface area contributed by atoms with Crippen LogP contribution >= 0.6 is 12.2 Å². The SMILES string of the molecule is CN(C)c1ccc(-c2n[nH]c(=S)n2N=Cc2ccc(O)cc2)cc1. The van der Waals surface area contributed by atoms with Crippen molar-refractivity contribution in [2.75, 3.05) is 19.0 Å². The van der Waals surface area contributed by atoms with E-state index >= 15 is 0 Å². The van der Waals surface area contributed by atoms with E-state index in [2.05, 4.69) is 15.3 Å². The Morgan fingerprint density at radius 2 is 1.79 bits per heavy atom. The van der Waals surface area contributed by atoms with Gasteiger partial charge in [-0.05, 0) is 66.3 Å². The number of nitrogens with one attached hydrogen (secondary N) is 1. The van der Waals surface area contributed by atoms with E-state index in [0.29, 0.717) is 10.6 Å². The Morgan fingerprint density at radius 3 is 2.42 bits per heavy atom. The molecule has 24 heavy (non-hydrogen) atoms. The van der Waals surface area contributed by atoms with Gasteiger partial charge in [0, 0.05) is 25.3 Å². The lowest BCUT2D eigenvalue weighted by molar-refractivity contribution is 0.475. The average molecular weight is 339 g/mol. The van der Waals surface area contributed by atoms with Gasteiger partial charge in [0.15, 0.2) is 5.82 Å². The van der Waals surface area contributed by atoms with Crippen molar-refractivity contribution in [1.82, 2.24) is 14.9 Å². The summed E-state index contributed by atoms with van der Waals surface area (Å²) < 4.78 is 1.99. The number of aromatic nitrogens is 3. The van der Waals surface area contributed by atoms with Gasteiger partial charge in [-0.2, -0.15) is 14.9 Å². The Bertz CT molecular complexity index is 907. The number of aromatic amines is 1. The molecule has 0 bridgehead atoms. The Balaban J connectivity index is 1.94. The van der Waals surface area contributed by atoms with Gasteiger partial charge in [-0.25, -0.2) is 5.10 Å². The first-order valence-corrected chi connectivity index (χ1v) is 7.74. The number of rotatable bonds is 4.